The Labute approximate surface area is 107 Å². The van der Waals surface area contributed by atoms with Gasteiger partial charge in [-0.3, -0.25) is 4.98 Å². The number of nitrogens with zero attached hydrogens (tertiary/aromatic N) is 1. The van der Waals surface area contributed by atoms with Crippen LogP contribution in [-0.2, 0) is 0 Å². The fourth-order valence-electron chi connectivity index (χ4n) is 2.77. The summed E-state index contributed by atoms with van der Waals surface area (Å²) in [5.74, 6) is -0.308. The lowest BCUT2D eigenvalue weighted by molar-refractivity contribution is 0.114. The molecule has 0 spiro atoms. The van der Waals surface area contributed by atoms with Crippen molar-refractivity contribution in [2.75, 3.05) is 6.61 Å². The van der Waals surface area contributed by atoms with Gasteiger partial charge in [0.1, 0.15) is 5.82 Å². The molecule has 100 valence electrons. The summed E-state index contributed by atoms with van der Waals surface area (Å²) < 4.78 is 13.1. The molecule has 0 radical (unpaired) electrons. The van der Waals surface area contributed by atoms with Crippen molar-refractivity contribution in [2.45, 2.75) is 45.2 Å². The minimum absolute atomic E-state index is 0.0437. The van der Waals surface area contributed by atoms with Crippen molar-refractivity contribution in [1.29, 1.82) is 0 Å². The average Bonchev–Trinajstić information content (AvgIpc) is 2.72. The average molecular weight is 252 g/mol. The number of halogens is 1. The first-order valence-electron chi connectivity index (χ1n) is 6.52. The molecule has 1 fully saturated rings. The Balaban J connectivity index is 2.05. The van der Waals surface area contributed by atoms with Crippen LogP contribution in [0.1, 0.15) is 44.7 Å². The number of pyridine rings is 1. The second-order valence-corrected chi connectivity index (χ2v) is 5.58. The van der Waals surface area contributed by atoms with Gasteiger partial charge in [-0.1, -0.05) is 13.3 Å². The lowest BCUT2D eigenvalue weighted by Gasteiger charge is -2.32. The second-order valence-electron chi connectivity index (χ2n) is 5.58. The van der Waals surface area contributed by atoms with Gasteiger partial charge >= 0.3 is 0 Å². The van der Waals surface area contributed by atoms with Crippen LogP contribution in [0.25, 0.3) is 0 Å². The molecule has 2 N–H and O–H groups in total. The third kappa shape index (κ3) is 2.70. The highest BCUT2D eigenvalue weighted by atomic mass is 19.1. The molecule has 18 heavy (non-hydrogen) atoms. The van der Waals surface area contributed by atoms with E-state index in [9.17, 15) is 9.50 Å². The minimum atomic E-state index is -0.308. The Morgan fingerprint density at radius 3 is 3.06 bits per heavy atom. The van der Waals surface area contributed by atoms with Gasteiger partial charge in [0.25, 0.3) is 0 Å². The van der Waals surface area contributed by atoms with Gasteiger partial charge in [0.05, 0.1) is 6.20 Å². The van der Waals surface area contributed by atoms with E-state index in [4.69, 9.17) is 0 Å². The Hall–Kier alpha value is -1.00. The van der Waals surface area contributed by atoms with Gasteiger partial charge < -0.3 is 10.4 Å². The molecular formula is C14H21FN2O. The van der Waals surface area contributed by atoms with Gasteiger partial charge in [-0.25, -0.2) is 4.39 Å². The number of aliphatic hydroxyl groups excluding tert-OH is 1. The highest BCUT2D eigenvalue weighted by molar-refractivity contribution is 5.15. The quantitative estimate of drug-likeness (QED) is 0.865. The van der Waals surface area contributed by atoms with Crippen LogP contribution in [0.3, 0.4) is 0 Å². The van der Waals surface area contributed by atoms with Gasteiger partial charge in [0.2, 0.25) is 0 Å². The molecule has 1 heterocycles. The van der Waals surface area contributed by atoms with Gasteiger partial charge in [-0.2, -0.15) is 0 Å². The molecule has 0 bridgehead atoms. The summed E-state index contributed by atoms with van der Waals surface area (Å²) in [6.45, 7) is 4.31. The maximum absolute atomic E-state index is 13.1. The molecule has 1 aliphatic carbocycles. The number of rotatable bonds is 4. The number of hydrogen-bond donors (Lipinski definition) is 2. The molecule has 0 amide bonds. The van der Waals surface area contributed by atoms with Crippen molar-refractivity contribution in [3.8, 4) is 0 Å². The molecular weight excluding hydrogens is 231 g/mol. The second kappa shape index (κ2) is 5.33. The van der Waals surface area contributed by atoms with Gasteiger partial charge in [-0.15, -0.1) is 0 Å². The van der Waals surface area contributed by atoms with E-state index in [1.807, 2.05) is 6.92 Å². The molecule has 4 heteroatoms. The Morgan fingerprint density at radius 2 is 2.39 bits per heavy atom. The lowest BCUT2D eigenvalue weighted by atomic mass is 9.85. The van der Waals surface area contributed by atoms with E-state index in [1.54, 1.807) is 6.20 Å². The molecule has 1 aromatic rings. The standard InChI is InChI=1S/C14H21FN2O/c1-10(11-6-12(15)8-16-7-11)17-13-4-3-5-14(13,2)9-18/h6-8,10,13,17-18H,3-5,9H2,1-2H3. The van der Waals surface area contributed by atoms with Gasteiger partial charge in [0.15, 0.2) is 0 Å². The maximum atomic E-state index is 13.1. The van der Waals surface area contributed by atoms with Crippen LogP contribution >= 0.6 is 0 Å². The van der Waals surface area contributed by atoms with Crippen molar-refractivity contribution >= 4 is 0 Å². The summed E-state index contributed by atoms with van der Waals surface area (Å²) in [6.07, 6.45) is 6.12. The SMILES string of the molecule is CC(NC1CCCC1(C)CO)c1cncc(F)c1. The summed E-state index contributed by atoms with van der Waals surface area (Å²) in [6, 6.07) is 1.83. The van der Waals surface area contributed by atoms with Crippen LogP contribution < -0.4 is 5.32 Å². The highest BCUT2D eigenvalue weighted by Crippen LogP contribution is 2.38. The van der Waals surface area contributed by atoms with E-state index in [1.165, 1.54) is 12.3 Å². The normalized spacial score (nSPS) is 29.4. The number of aliphatic hydroxyl groups is 1. The summed E-state index contributed by atoms with van der Waals surface area (Å²) >= 11 is 0. The van der Waals surface area contributed by atoms with E-state index >= 15 is 0 Å². The monoisotopic (exact) mass is 252 g/mol. The molecule has 2 rings (SSSR count). The van der Waals surface area contributed by atoms with E-state index in [2.05, 4.69) is 17.2 Å². The van der Waals surface area contributed by atoms with E-state index < -0.39 is 0 Å². The van der Waals surface area contributed by atoms with Crippen LogP contribution in [-0.4, -0.2) is 22.7 Å². The first-order chi connectivity index (χ1) is 8.55. The predicted molar refractivity (Wildman–Crippen MR) is 68.6 cm³/mol. The van der Waals surface area contributed by atoms with Crippen molar-refractivity contribution in [1.82, 2.24) is 10.3 Å². The zero-order valence-electron chi connectivity index (χ0n) is 11.0. The Bertz CT molecular complexity index is 413. The largest absolute Gasteiger partial charge is 0.396 e. The highest BCUT2D eigenvalue weighted by Gasteiger charge is 2.38. The van der Waals surface area contributed by atoms with Crippen molar-refractivity contribution in [2.24, 2.45) is 5.41 Å². The zero-order chi connectivity index (χ0) is 13.2. The Morgan fingerprint density at radius 1 is 1.61 bits per heavy atom. The first-order valence-corrected chi connectivity index (χ1v) is 6.52. The molecule has 3 atom stereocenters. The molecule has 0 aliphatic heterocycles. The third-order valence-corrected chi connectivity index (χ3v) is 4.12. The van der Waals surface area contributed by atoms with Crippen LogP contribution in [0.2, 0.25) is 0 Å². The van der Waals surface area contributed by atoms with Crippen LogP contribution in [0.4, 0.5) is 4.39 Å². The number of nitrogens with one attached hydrogen (secondary N) is 1. The smallest absolute Gasteiger partial charge is 0.141 e. The minimum Gasteiger partial charge on any atom is -0.396 e. The molecule has 3 unspecified atom stereocenters. The van der Waals surface area contributed by atoms with Crippen LogP contribution in [0.15, 0.2) is 18.5 Å². The van der Waals surface area contributed by atoms with Crippen LogP contribution in [0, 0.1) is 11.2 Å². The molecule has 1 aromatic heterocycles. The van der Waals surface area contributed by atoms with Crippen molar-refractivity contribution in [3.63, 3.8) is 0 Å². The Kier molecular flexibility index (Phi) is 3.97. The fraction of sp³-hybridized carbons (Fsp3) is 0.643. The van der Waals surface area contributed by atoms with E-state index in [0.717, 1.165) is 24.8 Å². The topological polar surface area (TPSA) is 45.1 Å². The zero-order valence-corrected chi connectivity index (χ0v) is 11.0. The summed E-state index contributed by atoms with van der Waals surface area (Å²) in [7, 11) is 0. The maximum Gasteiger partial charge on any atom is 0.141 e. The lowest BCUT2D eigenvalue weighted by Crippen LogP contribution is -2.42. The summed E-state index contributed by atoms with van der Waals surface area (Å²) in [5.41, 5.74) is 0.789. The van der Waals surface area contributed by atoms with E-state index in [-0.39, 0.29) is 29.9 Å². The third-order valence-electron chi connectivity index (χ3n) is 4.12. The molecule has 1 aliphatic rings. The summed E-state index contributed by atoms with van der Waals surface area (Å²) in [5, 5.41) is 13.0. The van der Waals surface area contributed by atoms with Gasteiger partial charge in [-0.05, 0) is 31.4 Å². The van der Waals surface area contributed by atoms with Gasteiger partial charge in [0, 0.05) is 30.3 Å². The van der Waals surface area contributed by atoms with Crippen LogP contribution in [0.5, 0.6) is 0 Å². The van der Waals surface area contributed by atoms with Crippen molar-refractivity contribution < 1.29 is 9.50 Å². The van der Waals surface area contributed by atoms with E-state index in [0.29, 0.717) is 0 Å². The molecule has 1 saturated carbocycles. The number of hydrogen-bond acceptors (Lipinski definition) is 3. The van der Waals surface area contributed by atoms with Crippen molar-refractivity contribution in [3.05, 3.63) is 29.8 Å². The predicted octanol–water partition coefficient (Wildman–Crippen LogP) is 2.42. The molecule has 3 nitrogen and oxygen atoms in total. The fourth-order valence-corrected chi connectivity index (χ4v) is 2.77. The number of aromatic nitrogens is 1. The first kappa shape index (κ1) is 13.4. The molecule has 0 aromatic carbocycles. The molecule has 0 saturated heterocycles. The summed E-state index contributed by atoms with van der Waals surface area (Å²) in [4.78, 5) is 3.87.